The topological polar surface area (TPSA) is 50.7 Å². The number of aromatic nitrogens is 3. The summed E-state index contributed by atoms with van der Waals surface area (Å²) >= 11 is 0. The molecule has 0 radical (unpaired) electrons. The third kappa shape index (κ3) is 1.88. The molecule has 3 aromatic rings. The minimum absolute atomic E-state index is 0.860. The lowest BCUT2D eigenvalue weighted by molar-refractivity contribution is 1.21. The van der Waals surface area contributed by atoms with Crippen molar-refractivity contribution in [3.05, 3.63) is 49.1 Å². The second kappa shape index (κ2) is 4.41. The van der Waals surface area contributed by atoms with Crippen molar-refractivity contribution in [1.82, 2.24) is 15.0 Å². The lowest BCUT2D eigenvalue weighted by Gasteiger charge is -2.04. The van der Waals surface area contributed by atoms with Gasteiger partial charge in [0.05, 0.1) is 11.9 Å². The standard InChI is InChI=1S/C14H12N4/c1-15-14-7-12-6-10(2-3-11(12)8-18-14)13-9-16-4-5-17-13/h2-9H,1H3,(H,15,18). The maximum absolute atomic E-state index is 4.30. The number of fused-ring (bicyclic) bond motifs is 1. The number of hydrogen-bond donors (Lipinski definition) is 1. The molecule has 0 aliphatic rings. The van der Waals surface area contributed by atoms with E-state index < -0.39 is 0 Å². The van der Waals surface area contributed by atoms with Crippen LogP contribution in [-0.4, -0.2) is 22.0 Å². The first kappa shape index (κ1) is 10.7. The van der Waals surface area contributed by atoms with Crippen molar-refractivity contribution in [2.24, 2.45) is 0 Å². The molecular formula is C14H12N4. The summed E-state index contributed by atoms with van der Waals surface area (Å²) < 4.78 is 0. The molecular weight excluding hydrogens is 224 g/mol. The van der Waals surface area contributed by atoms with Crippen LogP contribution in [0.15, 0.2) is 49.1 Å². The highest BCUT2D eigenvalue weighted by atomic mass is 14.9. The Morgan fingerprint density at radius 3 is 2.67 bits per heavy atom. The van der Waals surface area contributed by atoms with Crippen molar-refractivity contribution < 1.29 is 0 Å². The molecule has 0 saturated carbocycles. The van der Waals surface area contributed by atoms with Gasteiger partial charge in [0.2, 0.25) is 0 Å². The molecule has 0 bridgehead atoms. The number of hydrogen-bond acceptors (Lipinski definition) is 4. The second-order valence-electron chi connectivity index (χ2n) is 3.97. The molecule has 1 aromatic carbocycles. The molecule has 0 aliphatic heterocycles. The highest BCUT2D eigenvalue weighted by Gasteiger charge is 2.02. The van der Waals surface area contributed by atoms with Crippen molar-refractivity contribution in [2.45, 2.75) is 0 Å². The fourth-order valence-corrected chi connectivity index (χ4v) is 1.89. The summed E-state index contributed by atoms with van der Waals surface area (Å²) in [5.41, 5.74) is 1.94. The largest absolute Gasteiger partial charge is 0.373 e. The summed E-state index contributed by atoms with van der Waals surface area (Å²) in [6.07, 6.45) is 7.00. The van der Waals surface area contributed by atoms with Gasteiger partial charge >= 0.3 is 0 Å². The van der Waals surface area contributed by atoms with E-state index >= 15 is 0 Å². The smallest absolute Gasteiger partial charge is 0.126 e. The summed E-state index contributed by atoms with van der Waals surface area (Å²) in [7, 11) is 1.86. The summed E-state index contributed by atoms with van der Waals surface area (Å²) in [4.78, 5) is 12.7. The number of pyridine rings is 1. The predicted octanol–water partition coefficient (Wildman–Crippen LogP) is 2.73. The average Bonchev–Trinajstić information content (AvgIpc) is 2.47. The van der Waals surface area contributed by atoms with E-state index in [9.17, 15) is 0 Å². The zero-order chi connectivity index (χ0) is 12.4. The Kier molecular flexibility index (Phi) is 2.61. The van der Waals surface area contributed by atoms with Crippen LogP contribution in [0.25, 0.3) is 22.0 Å². The Morgan fingerprint density at radius 1 is 0.944 bits per heavy atom. The van der Waals surface area contributed by atoms with E-state index in [-0.39, 0.29) is 0 Å². The van der Waals surface area contributed by atoms with Gasteiger partial charge in [-0.2, -0.15) is 0 Å². The van der Waals surface area contributed by atoms with Crippen molar-refractivity contribution >= 4 is 16.6 Å². The lowest BCUT2D eigenvalue weighted by atomic mass is 10.1. The maximum atomic E-state index is 4.30. The van der Waals surface area contributed by atoms with Gasteiger partial charge in [-0.25, -0.2) is 4.98 Å². The SMILES string of the molecule is CNc1cc2cc(-c3cnccn3)ccc2cn1. The van der Waals surface area contributed by atoms with Crippen molar-refractivity contribution in [3.63, 3.8) is 0 Å². The Hall–Kier alpha value is -2.49. The van der Waals surface area contributed by atoms with E-state index in [0.29, 0.717) is 0 Å². The van der Waals surface area contributed by atoms with Gasteiger partial charge in [0.1, 0.15) is 5.82 Å². The number of nitrogens with one attached hydrogen (secondary N) is 1. The molecule has 0 saturated heterocycles. The minimum atomic E-state index is 0.860. The van der Waals surface area contributed by atoms with Crippen LogP contribution >= 0.6 is 0 Å². The molecule has 0 aliphatic carbocycles. The summed E-state index contributed by atoms with van der Waals surface area (Å²) in [5.74, 6) is 0.860. The number of anilines is 1. The van der Waals surface area contributed by atoms with Gasteiger partial charge in [-0.1, -0.05) is 12.1 Å². The average molecular weight is 236 g/mol. The number of nitrogens with zero attached hydrogens (tertiary/aromatic N) is 3. The monoisotopic (exact) mass is 236 g/mol. The van der Waals surface area contributed by atoms with Gasteiger partial charge in [-0.15, -0.1) is 0 Å². The highest BCUT2D eigenvalue weighted by molar-refractivity contribution is 5.87. The molecule has 88 valence electrons. The van der Waals surface area contributed by atoms with Crippen LogP contribution in [0, 0.1) is 0 Å². The molecule has 18 heavy (non-hydrogen) atoms. The third-order valence-electron chi connectivity index (χ3n) is 2.84. The fraction of sp³-hybridized carbons (Fsp3) is 0.0714. The maximum Gasteiger partial charge on any atom is 0.126 e. The zero-order valence-electron chi connectivity index (χ0n) is 9.96. The molecule has 4 heteroatoms. The molecule has 0 atom stereocenters. The zero-order valence-corrected chi connectivity index (χ0v) is 9.96. The summed E-state index contributed by atoms with van der Waals surface area (Å²) in [6.45, 7) is 0. The molecule has 2 aromatic heterocycles. The highest BCUT2D eigenvalue weighted by Crippen LogP contribution is 2.23. The van der Waals surface area contributed by atoms with Crippen molar-refractivity contribution in [2.75, 3.05) is 12.4 Å². The normalized spacial score (nSPS) is 10.5. The molecule has 3 rings (SSSR count). The number of rotatable bonds is 2. The van der Waals surface area contributed by atoms with Gasteiger partial charge in [0.25, 0.3) is 0 Å². The van der Waals surface area contributed by atoms with E-state index in [1.54, 1.807) is 18.6 Å². The molecule has 1 N–H and O–H groups in total. The van der Waals surface area contributed by atoms with Crippen molar-refractivity contribution in [1.29, 1.82) is 0 Å². The summed E-state index contributed by atoms with van der Waals surface area (Å²) in [5, 5.41) is 5.29. The molecule has 0 spiro atoms. The lowest BCUT2D eigenvalue weighted by Crippen LogP contribution is -1.91. The number of benzene rings is 1. The van der Waals surface area contributed by atoms with Gasteiger partial charge in [-0.3, -0.25) is 9.97 Å². The first-order chi connectivity index (χ1) is 8.86. The van der Waals surface area contributed by atoms with Gasteiger partial charge in [0.15, 0.2) is 0 Å². The van der Waals surface area contributed by atoms with Crippen LogP contribution in [0.4, 0.5) is 5.82 Å². The predicted molar refractivity (Wildman–Crippen MR) is 72.3 cm³/mol. The minimum Gasteiger partial charge on any atom is -0.373 e. The van der Waals surface area contributed by atoms with Gasteiger partial charge < -0.3 is 5.32 Å². The van der Waals surface area contributed by atoms with Crippen LogP contribution in [0.1, 0.15) is 0 Å². The van der Waals surface area contributed by atoms with Gasteiger partial charge in [0, 0.05) is 36.6 Å². The molecule has 2 heterocycles. The van der Waals surface area contributed by atoms with Gasteiger partial charge in [-0.05, 0) is 17.5 Å². The van der Waals surface area contributed by atoms with Crippen LogP contribution in [0.3, 0.4) is 0 Å². The van der Waals surface area contributed by atoms with E-state index in [1.165, 1.54) is 0 Å². The Balaban J connectivity index is 2.15. The summed E-state index contributed by atoms with van der Waals surface area (Å²) in [6, 6.07) is 8.20. The van der Waals surface area contributed by atoms with Crippen LogP contribution in [-0.2, 0) is 0 Å². The molecule has 0 fully saturated rings. The van der Waals surface area contributed by atoms with E-state index in [1.807, 2.05) is 31.4 Å². The Labute approximate surface area is 105 Å². The Morgan fingerprint density at radius 2 is 1.89 bits per heavy atom. The van der Waals surface area contributed by atoms with Crippen LogP contribution in [0.2, 0.25) is 0 Å². The van der Waals surface area contributed by atoms with Crippen LogP contribution in [0.5, 0.6) is 0 Å². The quantitative estimate of drug-likeness (QED) is 0.743. The first-order valence-corrected chi connectivity index (χ1v) is 5.71. The second-order valence-corrected chi connectivity index (χ2v) is 3.97. The fourth-order valence-electron chi connectivity index (χ4n) is 1.89. The van der Waals surface area contributed by atoms with E-state index in [4.69, 9.17) is 0 Å². The van der Waals surface area contributed by atoms with E-state index in [2.05, 4.69) is 26.3 Å². The van der Waals surface area contributed by atoms with E-state index in [0.717, 1.165) is 27.8 Å². The molecule has 0 unspecified atom stereocenters. The molecule has 0 amide bonds. The molecule has 4 nitrogen and oxygen atoms in total. The van der Waals surface area contributed by atoms with Crippen molar-refractivity contribution in [3.8, 4) is 11.3 Å². The third-order valence-corrected chi connectivity index (χ3v) is 2.84. The first-order valence-electron chi connectivity index (χ1n) is 5.71. The Bertz CT molecular complexity index is 680. The van der Waals surface area contributed by atoms with Crippen LogP contribution < -0.4 is 5.32 Å².